The average Bonchev–Trinajstić information content (AvgIpc) is 2.09. The highest BCUT2D eigenvalue weighted by atomic mass is 127. The smallest absolute Gasteiger partial charge is 0.145 e. The van der Waals surface area contributed by atoms with Gasteiger partial charge in [0.2, 0.25) is 0 Å². The van der Waals surface area contributed by atoms with Crippen molar-refractivity contribution in [3.05, 3.63) is 39.0 Å². The van der Waals surface area contributed by atoms with Crippen LogP contribution in [0.2, 0.25) is 0 Å². The minimum atomic E-state index is 0.746. The molecule has 0 saturated carbocycles. The summed E-state index contributed by atoms with van der Waals surface area (Å²) in [6.45, 7) is 1.80. The van der Waals surface area contributed by atoms with Crippen LogP contribution in [-0.2, 0) is 4.79 Å². The van der Waals surface area contributed by atoms with Gasteiger partial charge in [-0.15, -0.1) is 0 Å². The summed E-state index contributed by atoms with van der Waals surface area (Å²) in [7, 11) is 0. The van der Waals surface area contributed by atoms with E-state index in [4.69, 9.17) is 0 Å². The Balaban J connectivity index is 2.91. The van der Waals surface area contributed by atoms with Crippen molar-refractivity contribution in [3.8, 4) is 0 Å². The first kappa shape index (κ1) is 9.45. The molecule has 0 spiro atoms. The molecule has 0 aliphatic carbocycles. The predicted octanol–water partition coefficient (Wildman–Crippen LogP) is 2.89. The Labute approximate surface area is 85.6 Å². The van der Waals surface area contributed by atoms with Crippen LogP contribution in [0.15, 0.2) is 29.8 Å². The normalized spacial score (nSPS) is 11.3. The quantitative estimate of drug-likeness (QED) is 0.459. The van der Waals surface area contributed by atoms with Gasteiger partial charge in [-0.3, -0.25) is 4.79 Å². The molecule has 0 aliphatic rings. The zero-order valence-electron chi connectivity index (χ0n) is 6.75. The fraction of sp³-hybridized carbons (Fsp3) is 0.100. The number of aldehydes is 1. The first-order chi connectivity index (χ1) is 5.72. The van der Waals surface area contributed by atoms with E-state index in [0.29, 0.717) is 0 Å². The van der Waals surface area contributed by atoms with Gasteiger partial charge < -0.3 is 0 Å². The molecule has 12 heavy (non-hydrogen) atoms. The van der Waals surface area contributed by atoms with Gasteiger partial charge in [-0.05, 0) is 58.9 Å². The zero-order chi connectivity index (χ0) is 8.97. The minimum absolute atomic E-state index is 0.746. The Morgan fingerprint density at radius 3 is 2.42 bits per heavy atom. The number of allylic oxidation sites excluding steroid dienone is 1. The van der Waals surface area contributed by atoms with Gasteiger partial charge >= 0.3 is 0 Å². The van der Waals surface area contributed by atoms with E-state index >= 15 is 0 Å². The van der Waals surface area contributed by atoms with Crippen LogP contribution in [0.25, 0.3) is 6.08 Å². The van der Waals surface area contributed by atoms with Crippen LogP contribution < -0.4 is 0 Å². The molecule has 0 heterocycles. The molecule has 0 unspecified atom stereocenters. The van der Waals surface area contributed by atoms with Crippen LogP contribution in [-0.4, -0.2) is 6.29 Å². The van der Waals surface area contributed by atoms with Crippen LogP contribution in [0.1, 0.15) is 12.5 Å². The van der Waals surface area contributed by atoms with Gasteiger partial charge in [0, 0.05) is 3.57 Å². The summed E-state index contributed by atoms with van der Waals surface area (Å²) in [6.07, 6.45) is 2.72. The van der Waals surface area contributed by atoms with Crippen molar-refractivity contribution < 1.29 is 4.79 Å². The highest BCUT2D eigenvalue weighted by molar-refractivity contribution is 14.1. The molecule has 0 atom stereocenters. The van der Waals surface area contributed by atoms with E-state index in [-0.39, 0.29) is 0 Å². The summed E-state index contributed by atoms with van der Waals surface area (Å²) in [4.78, 5) is 10.3. The van der Waals surface area contributed by atoms with Crippen molar-refractivity contribution >= 4 is 35.0 Å². The third kappa shape index (κ3) is 2.77. The summed E-state index contributed by atoms with van der Waals surface area (Å²) < 4.78 is 1.20. The Bertz CT molecular complexity index is 298. The molecule has 0 aliphatic heterocycles. The molecular formula is C10H9IO. The summed E-state index contributed by atoms with van der Waals surface area (Å²) in [5, 5.41) is 0. The van der Waals surface area contributed by atoms with Gasteiger partial charge in [0.25, 0.3) is 0 Å². The number of benzene rings is 1. The summed E-state index contributed by atoms with van der Waals surface area (Å²) in [6, 6.07) is 8.03. The van der Waals surface area contributed by atoms with Gasteiger partial charge in [-0.25, -0.2) is 0 Å². The second-order valence-corrected chi connectivity index (χ2v) is 3.80. The van der Waals surface area contributed by atoms with Gasteiger partial charge in [0.05, 0.1) is 0 Å². The number of carbonyl (C=O) groups is 1. The monoisotopic (exact) mass is 272 g/mol. The molecule has 0 radical (unpaired) electrons. The van der Waals surface area contributed by atoms with E-state index in [1.54, 1.807) is 6.92 Å². The third-order valence-corrected chi connectivity index (χ3v) is 2.17. The Morgan fingerprint density at radius 2 is 1.92 bits per heavy atom. The van der Waals surface area contributed by atoms with E-state index < -0.39 is 0 Å². The number of halogens is 1. The molecule has 0 fully saturated rings. The third-order valence-electron chi connectivity index (χ3n) is 1.45. The second kappa shape index (κ2) is 4.40. The number of rotatable bonds is 2. The van der Waals surface area contributed by atoms with Crippen LogP contribution in [0.3, 0.4) is 0 Å². The average molecular weight is 272 g/mol. The van der Waals surface area contributed by atoms with E-state index in [2.05, 4.69) is 22.6 Å². The van der Waals surface area contributed by atoms with E-state index in [1.807, 2.05) is 30.3 Å². The van der Waals surface area contributed by atoms with Crippen molar-refractivity contribution in [2.24, 2.45) is 0 Å². The molecule has 0 saturated heterocycles. The van der Waals surface area contributed by atoms with Crippen molar-refractivity contribution in [1.29, 1.82) is 0 Å². The number of hydrogen-bond acceptors (Lipinski definition) is 1. The van der Waals surface area contributed by atoms with Gasteiger partial charge in [0.15, 0.2) is 0 Å². The lowest BCUT2D eigenvalue weighted by molar-refractivity contribution is -0.104. The fourth-order valence-electron chi connectivity index (χ4n) is 0.856. The Hall–Kier alpha value is -0.640. The largest absolute Gasteiger partial charge is 0.298 e. The molecule has 0 N–H and O–H groups in total. The van der Waals surface area contributed by atoms with Crippen LogP contribution in [0, 0.1) is 3.57 Å². The van der Waals surface area contributed by atoms with E-state index in [1.165, 1.54) is 3.57 Å². The van der Waals surface area contributed by atoms with Crippen LogP contribution >= 0.6 is 22.6 Å². The van der Waals surface area contributed by atoms with Crippen molar-refractivity contribution in [3.63, 3.8) is 0 Å². The lowest BCUT2D eigenvalue weighted by atomic mass is 10.1. The van der Waals surface area contributed by atoms with E-state index in [9.17, 15) is 4.79 Å². The first-order valence-corrected chi connectivity index (χ1v) is 4.69. The molecule has 0 amide bonds. The maximum Gasteiger partial charge on any atom is 0.145 e. The molecular weight excluding hydrogens is 263 g/mol. The van der Waals surface area contributed by atoms with E-state index in [0.717, 1.165) is 17.4 Å². The highest BCUT2D eigenvalue weighted by Crippen LogP contribution is 2.09. The zero-order valence-corrected chi connectivity index (χ0v) is 8.91. The lowest BCUT2D eigenvalue weighted by Crippen LogP contribution is -1.78. The van der Waals surface area contributed by atoms with Gasteiger partial charge in [-0.2, -0.15) is 0 Å². The van der Waals surface area contributed by atoms with Crippen molar-refractivity contribution in [2.45, 2.75) is 6.92 Å². The van der Waals surface area contributed by atoms with Gasteiger partial charge in [0.1, 0.15) is 6.29 Å². The second-order valence-electron chi connectivity index (χ2n) is 2.56. The first-order valence-electron chi connectivity index (χ1n) is 3.61. The molecule has 1 rings (SSSR count). The number of hydrogen-bond donors (Lipinski definition) is 0. The van der Waals surface area contributed by atoms with Crippen LogP contribution in [0.5, 0.6) is 0 Å². The van der Waals surface area contributed by atoms with Crippen molar-refractivity contribution in [2.75, 3.05) is 0 Å². The maximum absolute atomic E-state index is 10.3. The standard InChI is InChI=1S/C10H9IO/c1-8(7-12)6-9-2-4-10(11)5-3-9/h2-7H,1H3/b8-6+. The summed E-state index contributed by atoms with van der Waals surface area (Å²) in [5.74, 6) is 0. The van der Waals surface area contributed by atoms with Crippen molar-refractivity contribution in [1.82, 2.24) is 0 Å². The van der Waals surface area contributed by atoms with Crippen LogP contribution in [0.4, 0.5) is 0 Å². The highest BCUT2D eigenvalue weighted by Gasteiger charge is 1.89. The molecule has 62 valence electrons. The molecule has 1 nitrogen and oxygen atoms in total. The number of carbonyl (C=O) groups excluding carboxylic acids is 1. The molecule has 0 aromatic heterocycles. The summed E-state index contributed by atoms with van der Waals surface area (Å²) in [5.41, 5.74) is 1.82. The summed E-state index contributed by atoms with van der Waals surface area (Å²) >= 11 is 2.25. The minimum Gasteiger partial charge on any atom is -0.298 e. The maximum atomic E-state index is 10.3. The fourth-order valence-corrected chi connectivity index (χ4v) is 1.22. The molecule has 2 heteroatoms. The van der Waals surface area contributed by atoms with Gasteiger partial charge in [-0.1, -0.05) is 12.1 Å². The molecule has 1 aromatic rings. The Morgan fingerprint density at radius 1 is 1.33 bits per heavy atom. The SMILES string of the molecule is C/C(C=O)=C\c1ccc(I)cc1. The lowest BCUT2D eigenvalue weighted by Gasteiger charge is -1.93. The molecule has 0 bridgehead atoms. The topological polar surface area (TPSA) is 17.1 Å². The predicted molar refractivity (Wildman–Crippen MR) is 58.9 cm³/mol. The molecule has 1 aromatic carbocycles. The Kier molecular flexibility index (Phi) is 3.47.